The van der Waals surface area contributed by atoms with Crippen LogP contribution in [-0.4, -0.2) is 9.97 Å². The van der Waals surface area contributed by atoms with Crippen molar-refractivity contribution in [1.29, 1.82) is 0 Å². The first-order valence-electron chi connectivity index (χ1n) is 4.63. The van der Waals surface area contributed by atoms with Crippen LogP contribution in [0.2, 0.25) is 5.02 Å². The zero-order chi connectivity index (χ0) is 10.3. The number of fused-ring (bicyclic) bond motifs is 3. The molecule has 0 amide bonds. The van der Waals surface area contributed by atoms with Crippen molar-refractivity contribution < 1.29 is 0 Å². The molecule has 3 rings (SSSR count). The van der Waals surface area contributed by atoms with Crippen molar-refractivity contribution in [3.63, 3.8) is 0 Å². The molecule has 0 saturated carbocycles. The number of benzene rings is 1. The molecule has 72 valence electrons. The second-order valence-corrected chi connectivity index (χ2v) is 3.80. The third-order valence-corrected chi connectivity index (χ3v) is 2.61. The number of halogens is 1. The molecule has 0 atom stereocenters. The van der Waals surface area contributed by atoms with Crippen LogP contribution in [0, 0.1) is 0 Å². The number of nitrogens with zero attached hydrogens (tertiary/aromatic N) is 2. The molecular weight excluding hydrogens is 208 g/mol. The quantitative estimate of drug-likeness (QED) is 0.536. The molecule has 0 saturated heterocycles. The van der Waals surface area contributed by atoms with Gasteiger partial charge in [0.25, 0.3) is 0 Å². The van der Waals surface area contributed by atoms with Crippen molar-refractivity contribution in [2.24, 2.45) is 0 Å². The van der Waals surface area contributed by atoms with Gasteiger partial charge in [0.1, 0.15) is 0 Å². The van der Waals surface area contributed by atoms with E-state index < -0.39 is 0 Å². The van der Waals surface area contributed by atoms with Crippen molar-refractivity contribution in [2.75, 3.05) is 0 Å². The molecule has 0 N–H and O–H groups in total. The van der Waals surface area contributed by atoms with Crippen LogP contribution >= 0.6 is 11.6 Å². The lowest BCUT2D eigenvalue weighted by atomic mass is 10.1. The molecule has 15 heavy (non-hydrogen) atoms. The Labute approximate surface area is 91.5 Å². The minimum atomic E-state index is 0.639. The lowest BCUT2D eigenvalue weighted by Gasteiger charge is -2.01. The van der Waals surface area contributed by atoms with Crippen LogP contribution in [0.5, 0.6) is 0 Å². The molecule has 0 aliphatic carbocycles. The van der Waals surface area contributed by atoms with Crippen LogP contribution in [0.15, 0.2) is 42.7 Å². The van der Waals surface area contributed by atoms with Crippen molar-refractivity contribution >= 4 is 33.4 Å². The molecule has 0 bridgehead atoms. The topological polar surface area (TPSA) is 25.8 Å². The molecule has 0 fully saturated rings. The number of hydrogen-bond acceptors (Lipinski definition) is 2. The third-order valence-electron chi connectivity index (χ3n) is 2.40. The standard InChI is InChI=1S/C12H7ClN2/c13-9-6-10-11(15-7-9)4-3-8-2-1-5-14-12(8)10/h1-7H. The first-order valence-corrected chi connectivity index (χ1v) is 5.01. The van der Waals surface area contributed by atoms with Crippen LogP contribution in [-0.2, 0) is 0 Å². The zero-order valence-corrected chi connectivity index (χ0v) is 8.57. The number of rotatable bonds is 0. The highest BCUT2D eigenvalue weighted by Crippen LogP contribution is 2.24. The molecule has 0 radical (unpaired) electrons. The lowest BCUT2D eigenvalue weighted by Crippen LogP contribution is -1.83. The van der Waals surface area contributed by atoms with Gasteiger partial charge in [-0.1, -0.05) is 23.7 Å². The van der Waals surface area contributed by atoms with E-state index in [0.717, 1.165) is 21.8 Å². The van der Waals surface area contributed by atoms with Crippen LogP contribution in [0.4, 0.5) is 0 Å². The minimum Gasteiger partial charge on any atom is -0.256 e. The summed E-state index contributed by atoms with van der Waals surface area (Å²) < 4.78 is 0. The van der Waals surface area contributed by atoms with E-state index in [1.807, 2.05) is 30.3 Å². The monoisotopic (exact) mass is 214 g/mol. The van der Waals surface area contributed by atoms with Gasteiger partial charge >= 0.3 is 0 Å². The molecule has 0 aliphatic rings. The zero-order valence-electron chi connectivity index (χ0n) is 7.81. The molecule has 1 aromatic carbocycles. The smallest absolute Gasteiger partial charge is 0.0796 e. The summed E-state index contributed by atoms with van der Waals surface area (Å²) in [6, 6.07) is 9.86. The Bertz CT molecular complexity index is 649. The summed E-state index contributed by atoms with van der Waals surface area (Å²) in [4.78, 5) is 8.61. The number of pyridine rings is 2. The summed E-state index contributed by atoms with van der Waals surface area (Å²) in [7, 11) is 0. The van der Waals surface area contributed by atoms with E-state index in [9.17, 15) is 0 Å². The van der Waals surface area contributed by atoms with Gasteiger partial charge in [-0.25, -0.2) is 0 Å². The molecule has 0 aliphatic heterocycles. The van der Waals surface area contributed by atoms with Gasteiger partial charge in [-0.15, -0.1) is 0 Å². The molecule has 3 aromatic rings. The SMILES string of the molecule is Clc1cnc2ccc3cccnc3c2c1. The van der Waals surface area contributed by atoms with E-state index >= 15 is 0 Å². The Morgan fingerprint density at radius 1 is 1.07 bits per heavy atom. The second-order valence-electron chi connectivity index (χ2n) is 3.36. The minimum absolute atomic E-state index is 0.639. The normalized spacial score (nSPS) is 11.0. The van der Waals surface area contributed by atoms with Gasteiger partial charge in [-0.3, -0.25) is 9.97 Å². The van der Waals surface area contributed by atoms with Gasteiger partial charge in [-0.05, 0) is 18.2 Å². The Kier molecular flexibility index (Phi) is 1.82. The Balaban J connectivity index is 2.57. The molecule has 0 spiro atoms. The maximum absolute atomic E-state index is 5.93. The highest BCUT2D eigenvalue weighted by atomic mass is 35.5. The first-order chi connectivity index (χ1) is 7.34. The van der Waals surface area contributed by atoms with Gasteiger partial charge in [0, 0.05) is 23.2 Å². The van der Waals surface area contributed by atoms with Gasteiger partial charge in [0.05, 0.1) is 16.1 Å². The van der Waals surface area contributed by atoms with Crippen LogP contribution < -0.4 is 0 Å². The molecular formula is C12H7ClN2. The van der Waals surface area contributed by atoms with Crippen molar-refractivity contribution in [3.8, 4) is 0 Å². The largest absolute Gasteiger partial charge is 0.256 e. The number of hydrogen-bond donors (Lipinski definition) is 0. The van der Waals surface area contributed by atoms with Crippen molar-refractivity contribution in [2.45, 2.75) is 0 Å². The van der Waals surface area contributed by atoms with Gasteiger partial charge in [0.2, 0.25) is 0 Å². The van der Waals surface area contributed by atoms with Gasteiger partial charge in [0.15, 0.2) is 0 Å². The fraction of sp³-hybridized carbons (Fsp3) is 0. The molecule has 3 heteroatoms. The summed E-state index contributed by atoms with van der Waals surface area (Å²) in [6.07, 6.45) is 3.43. The van der Waals surface area contributed by atoms with Crippen molar-refractivity contribution in [3.05, 3.63) is 47.7 Å². The predicted molar refractivity (Wildman–Crippen MR) is 62.1 cm³/mol. The Hall–Kier alpha value is -1.67. The molecule has 2 aromatic heterocycles. The van der Waals surface area contributed by atoms with Crippen LogP contribution in [0.1, 0.15) is 0 Å². The predicted octanol–water partition coefficient (Wildman–Crippen LogP) is 3.44. The van der Waals surface area contributed by atoms with E-state index in [1.54, 1.807) is 12.4 Å². The fourth-order valence-corrected chi connectivity index (χ4v) is 1.88. The first kappa shape index (κ1) is 8.62. The highest BCUT2D eigenvalue weighted by molar-refractivity contribution is 6.31. The van der Waals surface area contributed by atoms with Crippen LogP contribution in [0.25, 0.3) is 21.8 Å². The van der Waals surface area contributed by atoms with Crippen LogP contribution in [0.3, 0.4) is 0 Å². The summed E-state index contributed by atoms with van der Waals surface area (Å²) >= 11 is 5.93. The Morgan fingerprint density at radius 3 is 2.93 bits per heavy atom. The lowest BCUT2D eigenvalue weighted by molar-refractivity contribution is 1.39. The summed E-state index contributed by atoms with van der Waals surface area (Å²) in [6.45, 7) is 0. The maximum atomic E-state index is 5.93. The number of aromatic nitrogens is 2. The van der Waals surface area contributed by atoms with Crippen molar-refractivity contribution in [1.82, 2.24) is 9.97 Å². The van der Waals surface area contributed by atoms with E-state index in [-0.39, 0.29) is 0 Å². The van der Waals surface area contributed by atoms with Gasteiger partial charge in [-0.2, -0.15) is 0 Å². The average molecular weight is 215 g/mol. The summed E-state index contributed by atoms with van der Waals surface area (Å²) in [5.74, 6) is 0. The molecule has 2 nitrogen and oxygen atoms in total. The van der Waals surface area contributed by atoms with E-state index in [4.69, 9.17) is 11.6 Å². The van der Waals surface area contributed by atoms with Gasteiger partial charge < -0.3 is 0 Å². The molecule has 0 unspecified atom stereocenters. The fourth-order valence-electron chi connectivity index (χ4n) is 1.72. The highest BCUT2D eigenvalue weighted by Gasteiger charge is 2.02. The second kappa shape index (κ2) is 3.17. The summed E-state index contributed by atoms with van der Waals surface area (Å²) in [5.41, 5.74) is 1.87. The van der Waals surface area contributed by atoms with E-state index in [1.165, 1.54) is 0 Å². The summed E-state index contributed by atoms with van der Waals surface area (Å²) in [5, 5.41) is 2.75. The average Bonchev–Trinajstić information content (AvgIpc) is 2.29. The third kappa shape index (κ3) is 1.34. The Morgan fingerprint density at radius 2 is 2.00 bits per heavy atom. The van der Waals surface area contributed by atoms with E-state index in [0.29, 0.717) is 5.02 Å². The maximum Gasteiger partial charge on any atom is 0.0796 e. The molecule has 2 heterocycles. The van der Waals surface area contributed by atoms with E-state index in [2.05, 4.69) is 9.97 Å².